The highest BCUT2D eigenvalue weighted by Gasteiger charge is 2.29. The fourth-order valence-electron chi connectivity index (χ4n) is 3.64. The predicted octanol–water partition coefficient (Wildman–Crippen LogP) is 5.36. The van der Waals surface area contributed by atoms with E-state index in [1.807, 2.05) is 6.07 Å². The molecule has 1 aliphatic rings. The van der Waals surface area contributed by atoms with Crippen molar-refractivity contribution in [2.24, 2.45) is 0 Å². The number of benzene rings is 2. The molecule has 126 valence electrons. The summed E-state index contributed by atoms with van der Waals surface area (Å²) in [5.41, 5.74) is 5.08. The van der Waals surface area contributed by atoms with Crippen molar-refractivity contribution < 1.29 is 4.79 Å². The molecule has 1 saturated heterocycles. The molecule has 2 aromatic carbocycles. The Kier molecular flexibility index (Phi) is 5.40. The van der Waals surface area contributed by atoms with Crippen LogP contribution in [0.3, 0.4) is 0 Å². The number of nitrogens with zero attached hydrogens (tertiary/aromatic N) is 1. The molecule has 1 amide bonds. The lowest BCUT2D eigenvalue weighted by atomic mass is 10.0. The van der Waals surface area contributed by atoms with E-state index in [9.17, 15) is 4.79 Å². The molecule has 3 heteroatoms. The van der Waals surface area contributed by atoms with Gasteiger partial charge in [-0.2, -0.15) is 0 Å². The van der Waals surface area contributed by atoms with Gasteiger partial charge in [0, 0.05) is 17.4 Å². The first-order valence-corrected chi connectivity index (χ1v) is 9.45. The van der Waals surface area contributed by atoms with Gasteiger partial charge in [0.25, 0.3) is 0 Å². The van der Waals surface area contributed by atoms with Gasteiger partial charge in [-0.05, 0) is 61.9 Å². The maximum atomic E-state index is 12.8. The fraction of sp³-hybridized carbons (Fsp3) is 0.381. The minimum Gasteiger partial charge on any atom is -0.336 e. The Morgan fingerprint density at radius 2 is 2.04 bits per heavy atom. The monoisotopic (exact) mass is 385 g/mol. The molecular weight excluding hydrogens is 362 g/mol. The lowest BCUT2D eigenvalue weighted by Crippen LogP contribution is -2.30. The maximum absolute atomic E-state index is 12.8. The number of aryl methyl sites for hydroxylation is 3. The van der Waals surface area contributed by atoms with E-state index in [2.05, 4.69) is 71.1 Å². The summed E-state index contributed by atoms with van der Waals surface area (Å²) in [6.45, 7) is 5.12. The highest BCUT2D eigenvalue weighted by Crippen LogP contribution is 2.33. The Morgan fingerprint density at radius 1 is 1.21 bits per heavy atom. The van der Waals surface area contributed by atoms with Gasteiger partial charge in [0.1, 0.15) is 0 Å². The molecule has 0 saturated carbocycles. The summed E-state index contributed by atoms with van der Waals surface area (Å²) >= 11 is 3.54. The smallest absolute Gasteiger partial charge is 0.223 e. The largest absolute Gasteiger partial charge is 0.336 e. The Balaban J connectivity index is 1.67. The van der Waals surface area contributed by atoms with Gasteiger partial charge in [0.2, 0.25) is 5.91 Å². The SMILES string of the molecule is Cc1ccc(CCC(=O)N2CCCC2c2cccc(Br)c2)c(C)c1. The molecule has 2 nitrogen and oxygen atoms in total. The van der Waals surface area contributed by atoms with Gasteiger partial charge in [0.15, 0.2) is 0 Å². The molecule has 2 aromatic rings. The van der Waals surface area contributed by atoms with Crippen molar-refractivity contribution in [2.45, 2.75) is 45.6 Å². The van der Waals surface area contributed by atoms with Crippen LogP contribution in [0.15, 0.2) is 46.9 Å². The fourth-order valence-corrected chi connectivity index (χ4v) is 4.05. The van der Waals surface area contributed by atoms with Gasteiger partial charge >= 0.3 is 0 Å². The number of halogens is 1. The van der Waals surface area contributed by atoms with Crippen LogP contribution in [-0.2, 0) is 11.2 Å². The molecular formula is C21H24BrNO. The molecule has 1 fully saturated rings. The molecule has 3 rings (SSSR count). The van der Waals surface area contributed by atoms with Crippen LogP contribution in [0.5, 0.6) is 0 Å². The summed E-state index contributed by atoms with van der Waals surface area (Å²) in [5, 5.41) is 0. The normalized spacial score (nSPS) is 17.3. The summed E-state index contributed by atoms with van der Waals surface area (Å²) in [7, 11) is 0. The number of likely N-dealkylation sites (tertiary alicyclic amines) is 1. The summed E-state index contributed by atoms with van der Waals surface area (Å²) in [6.07, 6.45) is 3.57. The van der Waals surface area contributed by atoms with Crippen LogP contribution in [0, 0.1) is 13.8 Å². The van der Waals surface area contributed by atoms with Crippen LogP contribution in [0.4, 0.5) is 0 Å². The van der Waals surface area contributed by atoms with Gasteiger partial charge in [0.05, 0.1) is 6.04 Å². The van der Waals surface area contributed by atoms with E-state index in [1.54, 1.807) is 0 Å². The first-order chi connectivity index (χ1) is 11.5. The van der Waals surface area contributed by atoms with Crippen LogP contribution < -0.4 is 0 Å². The first kappa shape index (κ1) is 17.2. The van der Waals surface area contributed by atoms with Gasteiger partial charge < -0.3 is 4.90 Å². The van der Waals surface area contributed by atoms with Crippen molar-refractivity contribution >= 4 is 21.8 Å². The molecule has 1 unspecified atom stereocenters. The number of rotatable bonds is 4. The highest BCUT2D eigenvalue weighted by atomic mass is 79.9. The van der Waals surface area contributed by atoms with Crippen molar-refractivity contribution in [3.05, 3.63) is 69.2 Å². The topological polar surface area (TPSA) is 20.3 Å². The van der Waals surface area contributed by atoms with Crippen LogP contribution in [0.1, 0.15) is 47.6 Å². The zero-order chi connectivity index (χ0) is 17.1. The summed E-state index contributed by atoms with van der Waals surface area (Å²) < 4.78 is 1.08. The molecule has 0 radical (unpaired) electrons. The summed E-state index contributed by atoms with van der Waals surface area (Å²) in [5.74, 6) is 0.275. The number of amides is 1. The molecule has 0 aliphatic carbocycles. The van der Waals surface area contributed by atoms with Crippen LogP contribution in [0.25, 0.3) is 0 Å². The maximum Gasteiger partial charge on any atom is 0.223 e. The van der Waals surface area contributed by atoms with E-state index >= 15 is 0 Å². The van der Waals surface area contributed by atoms with Gasteiger partial charge in [-0.15, -0.1) is 0 Å². The van der Waals surface area contributed by atoms with Crippen LogP contribution in [0.2, 0.25) is 0 Å². The molecule has 1 aliphatic heterocycles. The third-order valence-corrected chi connectivity index (χ3v) is 5.41. The van der Waals surface area contributed by atoms with Gasteiger partial charge in [-0.3, -0.25) is 4.79 Å². The zero-order valence-corrected chi connectivity index (χ0v) is 16.0. The van der Waals surface area contributed by atoms with E-state index in [0.717, 1.165) is 30.3 Å². The van der Waals surface area contributed by atoms with E-state index in [-0.39, 0.29) is 11.9 Å². The summed E-state index contributed by atoms with van der Waals surface area (Å²) in [6, 6.07) is 15.1. The zero-order valence-electron chi connectivity index (χ0n) is 14.4. The minimum atomic E-state index is 0.231. The number of carbonyl (C=O) groups excluding carboxylic acids is 1. The quantitative estimate of drug-likeness (QED) is 0.693. The van der Waals surface area contributed by atoms with Crippen molar-refractivity contribution in [3.8, 4) is 0 Å². The average Bonchev–Trinajstić information content (AvgIpc) is 3.03. The lowest BCUT2D eigenvalue weighted by molar-refractivity contribution is -0.132. The molecule has 0 aromatic heterocycles. The second kappa shape index (κ2) is 7.52. The highest BCUT2D eigenvalue weighted by molar-refractivity contribution is 9.10. The molecule has 1 heterocycles. The third-order valence-electron chi connectivity index (χ3n) is 4.91. The van der Waals surface area contributed by atoms with Gasteiger partial charge in [-0.25, -0.2) is 0 Å². The molecule has 24 heavy (non-hydrogen) atoms. The number of hydrogen-bond acceptors (Lipinski definition) is 1. The van der Waals surface area contributed by atoms with Gasteiger partial charge in [-0.1, -0.05) is 51.8 Å². The summed E-state index contributed by atoms with van der Waals surface area (Å²) in [4.78, 5) is 14.9. The second-order valence-corrected chi connectivity index (χ2v) is 7.65. The lowest BCUT2D eigenvalue weighted by Gasteiger charge is -2.25. The molecule has 0 spiro atoms. The van der Waals surface area contributed by atoms with Crippen LogP contribution >= 0.6 is 15.9 Å². The standard InChI is InChI=1S/C21H24BrNO/c1-15-8-9-17(16(2)13-15)10-11-21(24)23-12-4-7-20(23)18-5-3-6-19(22)14-18/h3,5-6,8-9,13-14,20H,4,7,10-12H2,1-2H3. The van der Waals surface area contributed by atoms with Crippen molar-refractivity contribution in [3.63, 3.8) is 0 Å². The molecule has 0 bridgehead atoms. The number of hydrogen-bond donors (Lipinski definition) is 0. The van der Waals surface area contributed by atoms with Crippen molar-refractivity contribution in [1.29, 1.82) is 0 Å². The Hall–Kier alpha value is -1.61. The Labute approximate surface area is 153 Å². The third kappa shape index (κ3) is 3.89. The molecule has 0 N–H and O–H groups in total. The Morgan fingerprint density at radius 3 is 2.79 bits per heavy atom. The van der Waals surface area contributed by atoms with E-state index in [4.69, 9.17) is 0 Å². The van der Waals surface area contributed by atoms with Crippen molar-refractivity contribution in [2.75, 3.05) is 6.54 Å². The second-order valence-electron chi connectivity index (χ2n) is 6.73. The predicted molar refractivity (Wildman–Crippen MR) is 102 cm³/mol. The minimum absolute atomic E-state index is 0.231. The Bertz CT molecular complexity index is 740. The van der Waals surface area contributed by atoms with E-state index < -0.39 is 0 Å². The first-order valence-electron chi connectivity index (χ1n) is 8.65. The van der Waals surface area contributed by atoms with E-state index in [1.165, 1.54) is 22.3 Å². The van der Waals surface area contributed by atoms with Crippen LogP contribution in [-0.4, -0.2) is 17.4 Å². The number of carbonyl (C=O) groups is 1. The molecule has 1 atom stereocenters. The van der Waals surface area contributed by atoms with E-state index in [0.29, 0.717) is 6.42 Å². The van der Waals surface area contributed by atoms with Crippen molar-refractivity contribution in [1.82, 2.24) is 4.90 Å². The average molecular weight is 386 g/mol.